The normalized spacial score (nSPS) is 12.0. The van der Waals surface area contributed by atoms with Crippen LogP contribution in [0, 0.1) is 0 Å². The number of aliphatic hydroxyl groups is 1. The lowest BCUT2D eigenvalue weighted by molar-refractivity contribution is 0.0157. The van der Waals surface area contributed by atoms with E-state index in [1.165, 1.54) is 0 Å². The average molecular weight is 219 g/mol. The molecule has 15 heavy (non-hydrogen) atoms. The number of methoxy groups -OCH3 is 1. The van der Waals surface area contributed by atoms with Gasteiger partial charge in [0, 0.05) is 13.7 Å². The Bertz CT molecular complexity index is 140. The van der Waals surface area contributed by atoms with E-state index in [4.69, 9.17) is 14.6 Å². The number of rotatable bonds is 10. The molecule has 0 heterocycles. The third-order valence-corrected chi connectivity index (χ3v) is 2.33. The molecule has 0 atom stereocenters. The Morgan fingerprint density at radius 1 is 1.20 bits per heavy atom. The van der Waals surface area contributed by atoms with Crippen LogP contribution in [0.2, 0.25) is 0 Å². The van der Waals surface area contributed by atoms with Gasteiger partial charge in [-0.15, -0.1) is 0 Å². The van der Waals surface area contributed by atoms with E-state index in [0.29, 0.717) is 13.2 Å². The van der Waals surface area contributed by atoms with Gasteiger partial charge in [0.1, 0.15) is 0 Å². The molecule has 0 aliphatic heterocycles. The predicted molar refractivity (Wildman–Crippen MR) is 61.1 cm³/mol. The molecule has 4 nitrogen and oxygen atoms in total. The van der Waals surface area contributed by atoms with Crippen molar-refractivity contribution < 1.29 is 14.6 Å². The minimum atomic E-state index is -0.0413. The van der Waals surface area contributed by atoms with Crippen LogP contribution in [-0.4, -0.2) is 50.7 Å². The number of hydrogen-bond donors (Lipinski definition) is 2. The van der Waals surface area contributed by atoms with Gasteiger partial charge in [0.2, 0.25) is 0 Å². The highest BCUT2D eigenvalue weighted by Gasteiger charge is 2.14. The molecule has 0 unspecified atom stereocenters. The summed E-state index contributed by atoms with van der Waals surface area (Å²) in [7, 11) is 1.74. The lowest BCUT2D eigenvalue weighted by Gasteiger charge is -2.22. The molecule has 0 bridgehead atoms. The number of ether oxygens (including phenoxy) is 2. The van der Waals surface area contributed by atoms with Crippen molar-refractivity contribution in [1.29, 1.82) is 0 Å². The fourth-order valence-corrected chi connectivity index (χ4v) is 1.08. The third kappa shape index (κ3) is 10.1. The summed E-state index contributed by atoms with van der Waals surface area (Å²) < 4.78 is 10.4. The molecule has 0 aromatic rings. The highest BCUT2D eigenvalue weighted by Crippen LogP contribution is 2.11. The van der Waals surface area contributed by atoms with Crippen molar-refractivity contribution in [3.63, 3.8) is 0 Å². The molecular formula is C11H25NO3. The summed E-state index contributed by atoms with van der Waals surface area (Å²) in [5.41, 5.74) is -0.0413. The Kier molecular flexibility index (Phi) is 9.00. The second-order valence-corrected chi connectivity index (χ2v) is 4.15. The smallest absolute Gasteiger partial charge is 0.0697 e. The maximum absolute atomic E-state index is 8.47. The van der Waals surface area contributed by atoms with Crippen LogP contribution in [0.4, 0.5) is 0 Å². The minimum absolute atomic E-state index is 0.0413. The number of aliphatic hydroxyl groups excluding tert-OH is 1. The maximum Gasteiger partial charge on any atom is 0.0697 e. The van der Waals surface area contributed by atoms with Crippen LogP contribution in [-0.2, 0) is 9.47 Å². The molecule has 0 spiro atoms. The molecule has 2 N–H and O–H groups in total. The average Bonchev–Trinajstić information content (AvgIpc) is 2.22. The van der Waals surface area contributed by atoms with E-state index in [1.54, 1.807) is 7.11 Å². The van der Waals surface area contributed by atoms with Gasteiger partial charge in [-0.3, -0.25) is 0 Å². The van der Waals surface area contributed by atoms with Gasteiger partial charge in [-0.2, -0.15) is 0 Å². The van der Waals surface area contributed by atoms with Gasteiger partial charge in [0.05, 0.1) is 18.8 Å². The molecule has 0 saturated heterocycles. The van der Waals surface area contributed by atoms with Gasteiger partial charge >= 0.3 is 0 Å². The Morgan fingerprint density at radius 2 is 1.93 bits per heavy atom. The predicted octanol–water partition coefficient (Wildman–Crippen LogP) is 0.790. The molecular weight excluding hydrogens is 194 g/mol. The van der Waals surface area contributed by atoms with Gasteiger partial charge in [-0.25, -0.2) is 0 Å². The Morgan fingerprint density at radius 3 is 2.53 bits per heavy atom. The van der Waals surface area contributed by atoms with Crippen LogP contribution < -0.4 is 5.32 Å². The summed E-state index contributed by atoms with van der Waals surface area (Å²) in [6.07, 6.45) is 1.98. The zero-order chi connectivity index (χ0) is 11.6. The van der Waals surface area contributed by atoms with Crippen LogP contribution in [0.15, 0.2) is 0 Å². The van der Waals surface area contributed by atoms with E-state index >= 15 is 0 Å². The first-order valence-corrected chi connectivity index (χ1v) is 5.57. The lowest BCUT2D eigenvalue weighted by Crippen LogP contribution is -2.29. The molecule has 0 aromatic heterocycles. The van der Waals surface area contributed by atoms with E-state index < -0.39 is 0 Å². The first-order chi connectivity index (χ1) is 7.12. The molecule has 4 heteroatoms. The standard InChI is InChI=1S/C11H25NO3/c1-11(2,14-3)5-7-12-6-4-9-15-10-8-13/h12-13H,4-10H2,1-3H3. The summed E-state index contributed by atoms with van der Waals surface area (Å²) in [5, 5.41) is 11.8. The van der Waals surface area contributed by atoms with Gasteiger partial charge in [0.25, 0.3) is 0 Å². The molecule has 0 aliphatic carbocycles. The summed E-state index contributed by atoms with van der Waals surface area (Å²) >= 11 is 0. The number of nitrogens with one attached hydrogen (secondary N) is 1. The van der Waals surface area contributed by atoms with Crippen LogP contribution in [0.1, 0.15) is 26.7 Å². The second-order valence-electron chi connectivity index (χ2n) is 4.15. The Labute approximate surface area is 93.0 Å². The fraction of sp³-hybridized carbons (Fsp3) is 1.00. The topological polar surface area (TPSA) is 50.7 Å². The molecule has 0 saturated carbocycles. The van der Waals surface area contributed by atoms with Crippen LogP contribution in [0.5, 0.6) is 0 Å². The van der Waals surface area contributed by atoms with Crippen molar-refractivity contribution in [2.24, 2.45) is 0 Å². The monoisotopic (exact) mass is 219 g/mol. The molecule has 0 radical (unpaired) electrons. The molecule has 0 amide bonds. The van der Waals surface area contributed by atoms with Crippen molar-refractivity contribution in [3.8, 4) is 0 Å². The van der Waals surface area contributed by atoms with Crippen molar-refractivity contribution in [1.82, 2.24) is 5.32 Å². The van der Waals surface area contributed by atoms with Gasteiger partial charge in [-0.05, 0) is 39.8 Å². The van der Waals surface area contributed by atoms with Crippen molar-refractivity contribution in [3.05, 3.63) is 0 Å². The van der Waals surface area contributed by atoms with E-state index in [9.17, 15) is 0 Å². The van der Waals surface area contributed by atoms with Crippen LogP contribution in [0.25, 0.3) is 0 Å². The quantitative estimate of drug-likeness (QED) is 0.533. The third-order valence-electron chi connectivity index (χ3n) is 2.33. The summed E-state index contributed by atoms with van der Waals surface area (Å²) in [4.78, 5) is 0. The van der Waals surface area contributed by atoms with E-state index in [-0.39, 0.29) is 12.2 Å². The van der Waals surface area contributed by atoms with Crippen molar-refractivity contribution in [2.45, 2.75) is 32.3 Å². The van der Waals surface area contributed by atoms with Crippen molar-refractivity contribution >= 4 is 0 Å². The molecule has 92 valence electrons. The van der Waals surface area contributed by atoms with E-state index in [0.717, 1.165) is 25.9 Å². The first-order valence-electron chi connectivity index (χ1n) is 5.57. The molecule has 0 fully saturated rings. The molecule has 0 aromatic carbocycles. The van der Waals surface area contributed by atoms with Gasteiger partial charge in [0.15, 0.2) is 0 Å². The summed E-state index contributed by atoms with van der Waals surface area (Å²) in [6, 6.07) is 0. The summed E-state index contributed by atoms with van der Waals surface area (Å²) in [5.74, 6) is 0. The fourth-order valence-electron chi connectivity index (χ4n) is 1.08. The highest BCUT2D eigenvalue weighted by molar-refractivity contribution is 4.68. The van der Waals surface area contributed by atoms with Crippen LogP contribution >= 0.6 is 0 Å². The molecule has 0 aliphatic rings. The Hall–Kier alpha value is -0.160. The van der Waals surface area contributed by atoms with E-state index in [1.807, 2.05) is 0 Å². The van der Waals surface area contributed by atoms with Crippen LogP contribution in [0.3, 0.4) is 0 Å². The van der Waals surface area contributed by atoms with Crippen molar-refractivity contribution in [2.75, 3.05) is 40.0 Å². The second kappa shape index (κ2) is 9.09. The summed E-state index contributed by atoms with van der Waals surface area (Å²) in [6.45, 7) is 7.33. The minimum Gasteiger partial charge on any atom is -0.394 e. The largest absolute Gasteiger partial charge is 0.394 e. The molecule has 0 rings (SSSR count). The zero-order valence-electron chi connectivity index (χ0n) is 10.2. The van der Waals surface area contributed by atoms with Gasteiger partial charge < -0.3 is 19.9 Å². The Balaban J connectivity index is 3.11. The first kappa shape index (κ1) is 14.8. The zero-order valence-corrected chi connectivity index (χ0v) is 10.2. The van der Waals surface area contributed by atoms with E-state index in [2.05, 4.69) is 19.2 Å². The van der Waals surface area contributed by atoms with Gasteiger partial charge in [-0.1, -0.05) is 0 Å². The number of hydrogen-bond acceptors (Lipinski definition) is 4. The lowest BCUT2D eigenvalue weighted by atomic mass is 10.1. The highest BCUT2D eigenvalue weighted by atomic mass is 16.5. The maximum atomic E-state index is 8.47. The SMILES string of the molecule is COC(C)(C)CCNCCCOCCO.